The first kappa shape index (κ1) is 30.8. The summed E-state index contributed by atoms with van der Waals surface area (Å²) < 4.78 is 37.4. The van der Waals surface area contributed by atoms with Gasteiger partial charge in [0.15, 0.2) is 0 Å². The SMILES string of the molecule is COc1ccc(OC)c(N(CC(=O)N(Cc2ccc(Cl)cc2Cl)C(C)C(=O)NC2CCCCC2)S(C)(=O)=O)c1. The van der Waals surface area contributed by atoms with Gasteiger partial charge >= 0.3 is 0 Å². The van der Waals surface area contributed by atoms with E-state index in [0.717, 1.165) is 42.7 Å². The van der Waals surface area contributed by atoms with Gasteiger partial charge in [-0.3, -0.25) is 13.9 Å². The Bertz CT molecular complexity index is 1280. The lowest BCUT2D eigenvalue weighted by molar-refractivity contribution is -0.139. The van der Waals surface area contributed by atoms with E-state index in [9.17, 15) is 18.0 Å². The molecule has 1 aliphatic carbocycles. The van der Waals surface area contributed by atoms with E-state index < -0.39 is 28.5 Å². The van der Waals surface area contributed by atoms with E-state index in [-0.39, 0.29) is 29.9 Å². The predicted molar refractivity (Wildman–Crippen MR) is 153 cm³/mol. The molecule has 3 rings (SSSR count). The fourth-order valence-electron chi connectivity index (χ4n) is 4.57. The van der Waals surface area contributed by atoms with Gasteiger partial charge in [-0.1, -0.05) is 48.5 Å². The van der Waals surface area contributed by atoms with E-state index in [1.54, 1.807) is 37.3 Å². The Labute approximate surface area is 240 Å². The minimum atomic E-state index is -3.95. The van der Waals surface area contributed by atoms with Crippen LogP contribution in [0, 0.1) is 0 Å². The summed E-state index contributed by atoms with van der Waals surface area (Å²) in [6, 6.07) is 8.67. The Morgan fingerprint density at radius 3 is 2.33 bits per heavy atom. The van der Waals surface area contributed by atoms with Crippen LogP contribution >= 0.6 is 23.2 Å². The van der Waals surface area contributed by atoms with Crippen LogP contribution in [0.5, 0.6) is 11.5 Å². The highest BCUT2D eigenvalue weighted by Gasteiger charge is 2.32. The summed E-state index contributed by atoms with van der Waals surface area (Å²) in [7, 11) is -1.10. The Balaban J connectivity index is 1.96. The standard InChI is InChI=1S/C27H35Cl2N3O6S/c1-18(27(34)30-21-8-6-5-7-9-21)31(16-19-10-11-20(28)14-23(19)29)26(33)17-32(39(4,35)36)24-15-22(37-2)12-13-25(24)38-3/h10-15,18,21H,5-9,16-17H2,1-4H3,(H,30,34). The van der Waals surface area contributed by atoms with Crippen molar-refractivity contribution in [1.82, 2.24) is 10.2 Å². The molecular weight excluding hydrogens is 565 g/mol. The fraction of sp³-hybridized carbons (Fsp3) is 0.481. The summed E-state index contributed by atoms with van der Waals surface area (Å²) in [6.07, 6.45) is 5.97. The third kappa shape index (κ3) is 8.16. The summed E-state index contributed by atoms with van der Waals surface area (Å²) in [4.78, 5) is 28.5. The number of rotatable bonds is 11. The van der Waals surface area contributed by atoms with E-state index >= 15 is 0 Å². The highest BCUT2D eigenvalue weighted by molar-refractivity contribution is 7.92. The number of ether oxygens (including phenoxy) is 2. The summed E-state index contributed by atoms with van der Waals surface area (Å²) in [5.74, 6) is -0.283. The topological polar surface area (TPSA) is 105 Å². The van der Waals surface area contributed by atoms with Crippen LogP contribution in [0.25, 0.3) is 0 Å². The molecule has 39 heavy (non-hydrogen) atoms. The third-order valence-electron chi connectivity index (χ3n) is 6.81. The first-order valence-electron chi connectivity index (χ1n) is 12.7. The van der Waals surface area contributed by atoms with Crippen molar-refractivity contribution in [2.75, 3.05) is 31.3 Å². The predicted octanol–water partition coefficient (Wildman–Crippen LogP) is 4.64. The van der Waals surface area contributed by atoms with Crippen LogP contribution in [0.3, 0.4) is 0 Å². The van der Waals surface area contributed by atoms with Crippen molar-refractivity contribution >= 4 is 50.7 Å². The molecule has 0 aromatic heterocycles. The molecule has 2 aromatic carbocycles. The van der Waals surface area contributed by atoms with Crippen LogP contribution < -0.4 is 19.1 Å². The number of sulfonamides is 1. The van der Waals surface area contributed by atoms with Crippen molar-refractivity contribution < 1.29 is 27.5 Å². The van der Waals surface area contributed by atoms with Gasteiger partial charge in [-0.05, 0) is 49.6 Å². The maximum absolute atomic E-state index is 13.8. The maximum Gasteiger partial charge on any atom is 0.244 e. The molecule has 12 heteroatoms. The van der Waals surface area contributed by atoms with Crippen molar-refractivity contribution in [3.8, 4) is 11.5 Å². The summed E-state index contributed by atoms with van der Waals surface area (Å²) >= 11 is 12.5. The van der Waals surface area contributed by atoms with Crippen LogP contribution in [-0.2, 0) is 26.2 Å². The monoisotopic (exact) mass is 599 g/mol. The van der Waals surface area contributed by atoms with Gasteiger partial charge in [0.2, 0.25) is 21.8 Å². The number of nitrogens with zero attached hydrogens (tertiary/aromatic N) is 2. The Kier molecular flexibility index (Phi) is 10.7. The van der Waals surface area contributed by atoms with Crippen molar-refractivity contribution in [2.24, 2.45) is 0 Å². The second-order valence-electron chi connectivity index (χ2n) is 9.58. The largest absolute Gasteiger partial charge is 0.497 e. The first-order chi connectivity index (χ1) is 18.4. The van der Waals surface area contributed by atoms with E-state index in [1.807, 2.05) is 0 Å². The molecule has 0 saturated heterocycles. The second kappa shape index (κ2) is 13.6. The number of benzene rings is 2. The Morgan fingerprint density at radius 2 is 1.74 bits per heavy atom. The number of amides is 2. The van der Waals surface area contributed by atoms with Gasteiger partial charge in [0.1, 0.15) is 24.1 Å². The molecule has 0 heterocycles. The average Bonchev–Trinajstić information content (AvgIpc) is 2.90. The highest BCUT2D eigenvalue weighted by atomic mass is 35.5. The molecule has 9 nitrogen and oxygen atoms in total. The number of nitrogens with one attached hydrogen (secondary N) is 1. The molecular formula is C27H35Cl2N3O6S. The molecule has 1 atom stereocenters. The van der Waals surface area contributed by atoms with Crippen molar-refractivity contribution in [3.05, 3.63) is 52.0 Å². The van der Waals surface area contributed by atoms with Gasteiger partial charge in [0.05, 0.1) is 26.2 Å². The van der Waals surface area contributed by atoms with Gasteiger partial charge in [0.25, 0.3) is 0 Å². The molecule has 1 fully saturated rings. The van der Waals surface area contributed by atoms with Crippen molar-refractivity contribution in [1.29, 1.82) is 0 Å². The zero-order chi connectivity index (χ0) is 28.7. The van der Waals surface area contributed by atoms with Crippen LogP contribution in [0.1, 0.15) is 44.6 Å². The van der Waals surface area contributed by atoms with Gasteiger partial charge in [0, 0.05) is 28.7 Å². The van der Waals surface area contributed by atoms with Crippen LogP contribution in [0.15, 0.2) is 36.4 Å². The number of hydrogen-bond acceptors (Lipinski definition) is 6. The molecule has 0 bridgehead atoms. The van der Waals surface area contributed by atoms with Gasteiger partial charge in [-0.2, -0.15) is 0 Å². The van der Waals surface area contributed by atoms with E-state index in [0.29, 0.717) is 21.4 Å². The number of carbonyl (C=O) groups excluding carboxylic acids is 2. The van der Waals surface area contributed by atoms with Gasteiger partial charge in [-0.25, -0.2) is 8.42 Å². The van der Waals surface area contributed by atoms with Gasteiger partial charge < -0.3 is 19.7 Å². The Hall–Kier alpha value is -2.69. The summed E-state index contributed by atoms with van der Waals surface area (Å²) in [6.45, 7) is 1.02. The van der Waals surface area contributed by atoms with E-state index in [4.69, 9.17) is 32.7 Å². The molecule has 2 amide bonds. The lowest BCUT2D eigenvalue weighted by Gasteiger charge is -2.33. The van der Waals surface area contributed by atoms with E-state index in [2.05, 4.69) is 5.32 Å². The number of anilines is 1. The minimum absolute atomic E-state index is 0.0268. The summed E-state index contributed by atoms with van der Waals surface area (Å²) in [5, 5.41) is 3.81. The summed E-state index contributed by atoms with van der Waals surface area (Å²) in [5.41, 5.74) is 0.702. The highest BCUT2D eigenvalue weighted by Crippen LogP contribution is 2.34. The quantitative estimate of drug-likeness (QED) is 0.403. The molecule has 0 aliphatic heterocycles. The Morgan fingerprint density at radius 1 is 1.05 bits per heavy atom. The number of hydrogen-bond donors (Lipinski definition) is 1. The average molecular weight is 601 g/mol. The van der Waals surface area contributed by atoms with Crippen molar-refractivity contribution in [2.45, 2.75) is 57.7 Å². The van der Waals surface area contributed by atoms with Crippen molar-refractivity contribution in [3.63, 3.8) is 0 Å². The molecule has 1 N–H and O–H groups in total. The zero-order valence-corrected chi connectivity index (χ0v) is 24.9. The second-order valence-corrected chi connectivity index (χ2v) is 12.3. The zero-order valence-electron chi connectivity index (χ0n) is 22.6. The lowest BCUT2D eigenvalue weighted by atomic mass is 9.95. The lowest BCUT2D eigenvalue weighted by Crippen LogP contribution is -2.53. The van der Waals surface area contributed by atoms with Gasteiger partial charge in [-0.15, -0.1) is 0 Å². The number of methoxy groups -OCH3 is 2. The molecule has 2 aromatic rings. The van der Waals surface area contributed by atoms with E-state index in [1.165, 1.54) is 25.2 Å². The third-order valence-corrected chi connectivity index (χ3v) is 8.52. The van der Waals surface area contributed by atoms with Crippen LogP contribution in [0.2, 0.25) is 10.0 Å². The minimum Gasteiger partial charge on any atom is -0.497 e. The van der Waals surface area contributed by atoms with Crippen LogP contribution in [0.4, 0.5) is 5.69 Å². The molecule has 214 valence electrons. The fourth-order valence-corrected chi connectivity index (χ4v) is 5.88. The molecule has 0 spiro atoms. The molecule has 1 unspecified atom stereocenters. The smallest absolute Gasteiger partial charge is 0.244 e. The number of carbonyl (C=O) groups is 2. The molecule has 1 aliphatic rings. The maximum atomic E-state index is 13.8. The first-order valence-corrected chi connectivity index (χ1v) is 15.3. The molecule has 0 radical (unpaired) electrons. The normalized spacial score (nSPS) is 14.8. The van der Waals surface area contributed by atoms with Crippen LogP contribution in [-0.4, -0.2) is 64.2 Å². The molecule has 1 saturated carbocycles. The number of halogens is 2.